The van der Waals surface area contributed by atoms with Crippen molar-refractivity contribution in [3.63, 3.8) is 0 Å². The van der Waals surface area contributed by atoms with Crippen LogP contribution in [0.25, 0.3) is 0 Å². The van der Waals surface area contributed by atoms with Crippen molar-refractivity contribution in [2.75, 3.05) is 26.2 Å². The van der Waals surface area contributed by atoms with Gasteiger partial charge in [0.05, 0.1) is 0 Å². The molecule has 0 aromatic carbocycles. The summed E-state index contributed by atoms with van der Waals surface area (Å²) in [6.45, 7) is 0.403. The molecule has 1 atom stereocenters. The van der Waals surface area contributed by atoms with E-state index in [1.54, 1.807) is 0 Å². The van der Waals surface area contributed by atoms with Gasteiger partial charge in [-0.15, -0.1) is 12.4 Å². The van der Waals surface area contributed by atoms with E-state index in [9.17, 15) is 21.6 Å². The number of piperidine rings is 1. The summed E-state index contributed by atoms with van der Waals surface area (Å²) in [6.07, 6.45) is -1.85. The van der Waals surface area contributed by atoms with E-state index in [4.69, 9.17) is 0 Å². The second-order valence-electron chi connectivity index (χ2n) is 4.34. The summed E-state index contributed by atoms with van der Waals surface area (Å²) in [4.78, 5) is 0. The van der Waals surface area contributed by atoms with Gasteiger partial charge in [0.15, 0.2) is 0 Å². The lowest BCUT2D eigenvalue weighted by atomic mass is 9.96. The number of halogens is 4. The van der Waals surface area contributed by atoms with Gasteiger partial charge in [0.1, 0.15) is 6.54 Å². The first-order valence-corrected chi connectivity index (χ1v) is 7.28. The Hall–Kier alpha value is -0.0900. The fourth-order valence-corrected chi connectivity index (χ4v) is 2.64. The van der Waals surface area contributed by atoms with Crippen molar-refractivity contribution < 1.29 is 21.6 Å². The third-order valence-corrected chi connectivity index (χ3v) is 3.81. The van der Waals surface area contributed by atoms with Crippen LogP contribution in [0.1, 0.15) is 19.3 Å². The van der Waals surface area contributed by atoms with E-state index >= 15 is 0 Å². The third-order valence-electron chi connectivity index (χ3n) is 2.71. The second kappa shape index (κ2) is 8.25. The molecule has 1 heterocycles. The number of nitrogens with one attached hydrogen (secondary N) is 3. The van der Waals surface area contributed by atoms with Crippen molar-refractivity contribution in [1.82, 2.24) is 14.8 Å². The van der Waals surface area contributed by atoms with Crippen molar-refractivity contribution in [3.05, 3.63) is 0 Å². The maximum Gasteiger partial charge on any atom is 0.402 e. The Balaban J connectivity index is 0.00000324. The summed E-state index contributed by atoms with van der Waals surface area (Å²) in [5.74, 6) is 0.379. The lowest BCUT2D eigenvalue weighted by Gasteiger charge is -2.22. The number of alkyl halides is 3. The highest BCUT2D eigenvalue weighted by Crippen LogP contribution is 2.14. The first-order valence-electron chi connectivity index (χ1n) is 5.80. The molecule has 0 saturated carbocycles. The third kappa shape index (κ3) is 9.44. The van der Waals surface area contributed by atoms with Crippen LogP contribution in [0.2, 0.25) is 0 Å². The van der Waals surface area contributed by atoms with Gasteiger partial charge in [-0.05, 0) is 38.3 Å². The molecule has 1 aliphatic rings. The fourth-order valence-electron chi connectivity index (χ4n) is 1.80. The highest BCUT2D eigenvalue weighted by atomic mass is 35.5. The van der Waals surface area contributed by atoms with Gasteiger partial charge in [-0.1, -0.05) is 0 Å². The Kier molecular flexibility index (Phi) is 8.21. The minimum absolute atomic E-state index is 0. The molecule has 1 unspecified atom stereocenters. The molecule has 1 rings (SSSR count). The monoisotopic (exact) mass is 325 g/mol. The van der Waals surface area contributed by atoms with Crippen LogP contribution in [0.4, 0.5) is 13.2 Å². The molecule has 0 bridgehead atoms. The van der Waals surface area contributed by atoms with E-state index in [2.05, 4.69) is 10.0 Å². The Morgan fingerprint density at radius 2 is 1.95 bits per heavy atom. The van der Waals surface area contributed by atoms with E-state index < -0.39 is 22.9 Å². The minimum Gasteiger partial charge on any atom is -0.316 e. The molecule has 10 heteroatoms. The first kappa shape index (κ1) is 18.9. The first-order chi connectivity index (χ1) is 8.29. The molecule has 19 heavy (non-hydrogen) atoms. The summed E-state index contributed by atoms with van der Waals surface area (Å²) in [5.41, 5.74) is 0. The molecule has 0 aliphatic carbocycles. The average Bonchev–Trinajstić information content (AvgIpc) is 2.27. The molecule has 0 aromatic rings. The maximum atomic E-state index is 11.8. The Bertz CT molecular complexity index is 345. The lowest BCUT2D eigenvalue weighted by Crippen LogP contribution is -2.42. The molecule has 0 radical (unpaired) electrons. The standard InChI is InChI=1S/C9H18F3N3O2S.ClH/c10-9(11,12)7-15-18(16,17)14-5-3-8-2-1-4-13-6-8;/h8,13-15H,1-7H2;1H. The fraction of sp³-hybridized carbons (Fsp3) is 1.00. The normalized spacial score (nSPS) is 20.9. The van der Waals surface area contributed by atoms with Gasteiger partial charge < -0.3 is 5.32 Å². The molecule has 1 aliphatic heterocycles. The van der Waals surface area contributed by atoms with E-state index in [-0.39, 0.29) is 19.0 Å². The number of hydrogen-bond donors (Lipinski definition) is 3. The molecular weight excluding hydrogens is 307 g/mol. The van der Waals surface area contributed by atoms with Crippen LogP contribution >= 0.6 is 12.4 Å². The van der Waals surface area contributed by atoms with Crippen LogP contribution in [0, 0.1) is 5.92 Å². The van der Waals surface area contributed by atoms with Crippen LogP contribution in [0.5, 0.6) is 0 Å². The van der Waals surface area contributed by atoms with Crippen LogP contribution in [-0.2, 0) is 10.2 Å². The molecule has 3 N–H and O–H groups in total. The lowest BCUT2D eigenvalue weighted by molar-refractivity contribution is -0.121. The molecule has 0 aromatic heterocycles. The maximum absolute atomic E-state index is 11.8. The zero-order valence-corrected chi connectivity index (χ0v) is 11.9. The van der Waals surface area contributed by atoms with Gasteiger partial charge in [0.2, 0.25) is 0 Å². The van der Waals surface area contributed by atoms with Crippen molar-refractivity contribution in [3.8, 4) is 0 Å². The Morgan fingerprint density at radius 1 is 1.26 bits per heavy atom. The predicted octanol–water partition coefficient (Wildman–Crippen LogP) is 0.784. The van der Waals surface area contributed by atoms with Gasteiger partial charge >= 0.3 is 6.18 Å². The molecule has 0 spiro atoms. The van der Waals surface area contributed by atoms with Crippen molar-refractivity contribution >= 4 is 22.6 Å². The van der Waals surface area contributed by atoms with E-state index in [0.29, 0.717) is 12.3 Å². The molecule has 116 valence electrons. The molecular formula is C9H19ClF3N3O2S. The van der Waals surface area contributed by atoms with Gasteiger partial charge in [-0.3, -0.25) is 0 Å². The summed E-state index contributed by atoms with van der Waals surface area (Å²) in [6, 6.07) is 0. The smallest absolute Gasteiger partial charge is 0.316 e. The summed E-state index contributed by atoms with van der Waals surface area (Å²) >= 11 is 0. The molecule has 5 nitrogen and oxygen atoms in total. The number of rotatable bonds is 6. The average molecular weight is 326 g/mol. The highest BCUT2D eigenvalue weighted by Gasteiger charge is 2.29. The number of hydrogen-bond acceptors (Lipinski definition) is 3. The van der Waals surface area contributed by atoms with E-state index in [1.165, 1.54) is 4.72 Å². The van der Waals surface area contributed by atoms with Crippen LogP contribution in [0.15, 0.2) is 0 Å². The van der Waals surface area contributed by atoms with Crippen LogP contribution in [-0.4, -0.2) is 40.8 Å². The Labute approximate surface area is 117 Å². The molecule has 1 saturated heterocycles. The molecule has 1 fully saturated rings. The zero-order valence-electron chi connectivity index (χ0n) is 10.3. The predicted molar refractivity (Wildman–Crippen MR) is 68.4 cm³/mol. The quantitative estimate of drug-likeness (QED) is 0.676. The second-order valence-corrected chi connectivity index (χ2v) is 5.92. The van der Waals surface area contributed by atoms with Crippen LogP contribution in [0.3, 0.4) is 0 Å². The zero-order chi connectivity index (χ0) is 13.6. The largest absolute Gasteiger partial charge is 0.402 e. The van der Waals surface area contributed by atoms with Crippen molar-refractivity contribution in [2.45, 2.75) is 25.4 Å². The van der Waals surface area contributed by atoms with Gasteiger partial charge in [-0.2, -0.15) is 26.3 Å². The van der Waals surface area contributed by atoms with E-state index in [1.807, 2.05) is 0 Å². The van der Waals surface area contributed by atoms with Crippen molar-refractivity contribution in [2.24, 2.45) is 5.92 Å². The highest BCUT2D eigenvalue weighted by molar-refractivity contribution is 7.87. The minimum atomic E-state index is -4.54. The summed E-state index contributed by atoms with van der Waals surface area (Å²) in [5, 5.41) is 3.19. The van der Waals surface area contributed by atoms with Crippen molar-refractivity contribution in [1.29, 1.82) is 0 Å². The van der Waals surface area contributed by atoms with Gasteiger partial charge in [0, 0.05) is 6.54 Å². The van der Waals surface area contributed by atoms with E-state index in [0.717, 1.165) is 25.9 Å². The Morgan fingerprint density at radius 3 is 2.47 bits per heavy atom. The summed E-state index contributed by atoms with van der Waals surface area (Å²) < 4.78 is 61.4. The van der Waals surface area contributed by atoms with Gasteiger partial charge in [0.25, 0.3) is 10.2 Å². The molecule has 0 amide bonds. The SMILES string of the molecule is Cl.O=S(=O)(NCCC1CCCNC1)NCC(F)(F)F. The summed E-state index contributed by atoms with van der Waals surface area (Å²) in [7, 11) is -4.06. The van der Waals surface area contributed by atoms with Gasteiger partial charge in [-0.25, -0.2) is 4.72 Å². The topological polar surface area (TPSA) is 70.2 Å². The van der Waals surface area contributed by atoms with Crippen LogP contribution < -0.4 is 14.8 Å².